The first-order valence-corrected chi connectivity index (χ1v) is 6.67. The summed E-state index contributed by atoms with van der Waals surface area (Å²) in [5, 5.41) is 0.588. The highest BCUT2D eigenvalue weighted by molar-refractivity contribution is 6.02. The quantitative estimate of drug-likeness (QED) is 0.668. The van der Waals surface area contributed by atoms with Crippen LogP contribution < -0.4 is 4.74 Å². The Morgan fingerprint density at radius 1 is 1.14 bits per heavy atom. The zero-order valence-electron chi connectivity index (χ0n) is 11.0. The monoisotopic (exact) mass is 282 g/mol. The van der Waals surface area contributed by atoms with Gasteiger partial charge in [-0.3, -0.25) is 4.79 Å². The number of hydrogen-bond donors (Lipinski definition) is 0. The molecule has 0 amide bonds. The maximum atomic E-state index is 13.2. The van der Waals surface area contributed by atoms with E-state index in [1.807, 2.05) is 24.3 Å². The minimum absolute atomic E-state index is 0.142. The zero-order valence-corrected chi connectivity index (χ0v) is 11.0. The van der Waals surface area contributed by atoms with Crippen molar-refractivity contribution in [2.75, 3.05) is 6.61 Å². The summed E-state index contributed by atoms with van der Waals surface area (Å²) >= 11 is 0. The summed E-state index contributed by atoms with van der Waals surface area (Å²) in [5.41, 5.74) is 1.38. The molecule has 0 spiro atoms. The molecule has 0 N–H and O–H groups in total. The Kier molecular flexibility index (Phi) is 2.57. The van der Waals surface area contributed by atoms with Gasteiger partial charge in [-0.25, -0.2) is 4.39 Å². The number of halogens is 1. The maximum absolute atomic E-state index is 13.2. The van der Waals surface area contributed by atoms with E-state index in [-0.39, 0.29) is 23.3 Å². The highest BCUT2D eigenvalue weighted by Gasteiger charge is 2.32. The number of benzene rings is 2. The van der Waals surface area contributed by atoms with E-state index in [0.29, 0.717) is 17.6 Å². The van der Waals surface area contributed by atoms with Gasteiger partial charge in [0.1, 0.15) is 23.8 Å². The van der Waals surface area contributed by atoms with Crippen LogP contribution in [-0.2, 0) is 0 Å². The number of ether oxygens (including phenoxy) is 1. The van der Waals surface area contributed by atoms with Crippen molar-refractivity contribution in [1.82, 2.24) is 0 Å². The Labute approximate surface area is 119 Å². The second-order valence-corrected chi connectivity index (χ2v) is 5.06. The first-order valence-electron chi connectivity index (χ1n) is 6.67. The second kappa shape index (κ2) is 4.45. The van der Waals surface area contributed by atoms with Crippen LogP contribution in [0.25, 0.3) is 11.0 Å². The van der Waals surface area contributed by atoms with Gasteiger partial charge in [0.2, 0.25) is 5.78 Å². The van der Waals surface area contributed by atoms with Gasteiger partial charge in [0.15, 0.2) is 5.76 Å². The number of para-hydroxylation sites is 1. The Morgan fingerprint density at radius 3 is 2.90 bits per heavy atom. The molecule has 4 rings (SSSR count). The standard InChI is InChI=1S/C17H11FO3/c18-11-5-6-14-10(7-11)8-16(21-14)17(19)13-9-20-15-4-2-1-3-12(13)15/h1-8,13H,9H2. The molecule has 1 atom stereocenters. The molecule has 1 aliphatic heterocycles. The normalized spacial score (nSPS) is 16.7. The van der Waals surface area contributed by atoms with Gasteiger partial charge in [-0.15, -0.1) is 0 Å². The second-order valence-electron chi connectivity index (χ2n) is 5.06. The van der Waals surface area contributed by atoms with Gasteiger partial charge in [0.25, 0.3) is 0 Å². The molecule has 0 saturated carbocycles. The van der Waals surface area contributed by atoms with Crippen LogP contribution in [0.2, 0.25) is 0 Å². The van der Waals surface area contributed by atoms with Crippen LogP contribution in [0.15, 0.2) is 52.9 Å². The third-order valence-electron chi connectivity index (χ3n) is 3.74. The first-order chi connectivity index (χ1) is 10.2. The fourth-order valence-electron chi connectivity index (χ4n) is 2.69. The SMILES string of the molecule is O=C(c1cc2cc(F)ccc2o1)C1COc2ccccc21. The molecule has 2 aromatic carbocycles. The molecule has 21 heavy (non-hydrogen) atoms. The average molecular weight is 282 g/mol. The molecular weight excluding hydrogens is 271 g/mol. The Morgan fingerprint density at radius 2 is 2.00 bits per heavy atom. The van der Waals surface area contributed by atoms with Crippen LogP contribution >= 0.6 is 0 Å². The number of Topliss-reactive ketones (excluding diaryl/α,β-unsaturated/α-hetero) is 1. The summed E-state index contributed by atoms with van der Waals surface area (Å²) in [4.78, 5) is 12.6. The number of fused-ring (bicyclic) bond motifs is 2. The average Bonchev–Trinajstić information content (AvgIpc) is 3.09. The molecule has 104 valence electrons. The minimum atomic E-state index is -0.369. The van der Waals surface area contributed by atoms with Crippen LogP contribution in [0.3, 0.4) is 0 Å². The van der Waals surface area contributed by atoms with Crippen LogP contribution in [0, 0.1) is 5.82 Å². The Balaban J connectivity index is 1.74. The van der Waals surface area contributed by atoms with E-state index in [1.165, 1.54) is 18.2 Å². The van der Waals surface area contributed by atoms with E-state index in [1.54, 1.807) is 6.07 Å². The molecule has 0 radical (unpaired) electrons. The molecule has 3 aromatic rings. The van der Waals surface area contributed by atoms with Gasteiger partial charge in [-0.2, -0.15) is 0 Å². The largest absolute Gasteiger partial charge is 0.492 e. The Hall–Kier alpha value is -2.62. The molecule has 0 aliphatic carbocycles. The lowest BCUT2D eigenvalue weighted by atomic mass is 9.95. The topological polar surface area (TPSA) is 39.4 Å². The molecule has 0 bridgehead atoms. The van der Waals surface area contributed by atoms with Crippen molar-refractivity contribution in [3.05, 3.63) is 65.7 Å². The third-order valence-corrected chi connectivity index (χ3v) is 3.74. The summed E-state index contributed by atoms with van der Waals surface area (Å²) in [6.07, 6.45) is 0. The highest BCUT2D eigenvalue weighted by Crippen LogP contribution is 2.36. The molecule has 3 nitrogen and oxygen atoms in total. The lowest BCUT2D eigenvalue weighted by Crippen LogP contribution is -2.13. The van der Waals surface area contributed by atoms with Crippen LogP contribution in [0.4, 0.5) is 4.39 Å². The number of hydrogen-bond acceptors (Lipinski definition) is 3. The molecule has 4 heteroatoms. The summed E-state index contributed by atoms with van der Waals surface area (Å²) < 4.78 is 24.3. The van der Waals surface area contributed by atoms with Crippen LogP contribution in [0.1, 0.15) is 22.0 Å². The first kappa shape index (κ1) is 12.1. The lowest BCUT2D eigenvalue weighted by Gasteiger charge is -2.04. The van der Waals surface area contributed by atoms with Crippen LogP contribution in [0.5, 0.6) is 5.75 Å². The predicted molar refractivity (Wildman–Crippen MR) is 75.2 cm³/mol. The van der Waals surface area contributed by atoms with E-state index < -0.39 is 0 Å². The highest BCUT2D eigenvalue weighted by atomic mass is 19.1. The summed E-state index contributed by atoms with van der Waals surface area (Å²) in [5.74, 6) is 0.110. The third kappa shape index (κ3) is 1.91. The molecule has 2 heterocycles. The Bertz CT molecular complexity index is 850. The summed E-state index contributed by atoms with van der Waals surface area (Å²) in [7, 11) is 0. The lowest BCUT2D eigenvalue weighted by molar-refractivity contribution is 0.0922. The van der Waals surface area contributed by atoms with Crippen molar-refractivity contribution >= 4 is 16.8 Å². The molecule has 1 unspecified atom stereocenters. The number of ketones is 1. The van der Waals surface area contributed by atoms with Gasteiger partial charge in [0, 0.05) is 10.9 Å². The number of carbonyl (C=O) groups excluding carboxylic acids is 1. The summed E-state index contributed by atoms with van der Waals surface area (Å²) in [6, 6.07) is 13.3. The molecule has 0 saturated heterocycles. The van der Waals surface area contributed by atoms with E-state index in [0.717, 1.165) is 11.3 Å². The van der Waals surface area contributed by atoms with Crippen molar-refractivity contribution in [1.29, 1.82) is 0 Å². The molecule has 1 aliphatic rings. The zero-order chi connectivity index (χ0) is 14.4. The van der Waals surface area contributed by atoms with Crippen LogP contribution in [-0.4, -0.2) is 12.4 Å². The molecular formula is C17H11FO3. The van der Waals surface area contributed by atoms with Crippen molar-refractivity contribution in [2.45, 2.75) is 5.92 Å². The van der Waals surface area contributed by atoms with Crippen molar-refractivity contribution in [3.8, 4) is 5.75 Å². The van der Waals surface area contributed by atoms with Crippen molar-refractivity contribution in [3.63, 3.8) is 0 Å². The molecule has 1 aromatic heterocycles. The number of carbonyl (C=O) groups is 1. The number of rotatable bonds is 2. The fourth-order valence-corrected chi connectivity index (χ4v) is 2.69. The predicted octanol–water partition coefficient (Wildman–Crippen LogP) is 3.93. The van der Waals surface area contributed by atoms with E-state index in [9.17, 15) is 9.18 Å². The van der Waals surface area contributed by atoms with Gasteiger partial charge in [0.05, 0.1) is 5.92 Å². The van der Waals surface area contributed by atoms with Gasteiger partial charge < -0.3 is 9.15 Å². The van der Waals surface area contributed by atoms with Gasteiger partial charge >= 0.3 is 0 Å². The number of furan rings is 1. The maximum Gasteiger partial charge on any atom is 0.209 e. The smallest absolute Gasteiger partial charge is 0.209 e. The van der Waals surface area contributed by atoms with E-state index in [4.69, 9.17) is 9.15 Å². The minimum Gasteiger partial charge on any atom is -0.492 e. The van der Waals surface area contributed by atoms with Crippen molar-refractivity contribution < 1.29 is 18.3 Å². The fraction of sp³-hybridized carbons (Fsp3) is 0.118. The van der Waals surface area contributed by atoms with E-state index in [2.05, 4.69) is 0 Å². The van der Waals surface area contributed by atoms with Crippen molar-refractivity contribution in [2.24, 2.45) is 0 Å². The van der Waals surface area contributed by atoms with Gasteiger partial charge in [-0.1, -0.05) is 18.2 Å². The van der Waals surface area contributed by atoms with Gasteiger partial charge in [-0.05, 0) is 30.3 Å². The molecule has 0 fully saturated rings. The summed E-state index contributed by atoms with van der Waals surface area (Å²) in [6.45, 7) is 0.309. The van der Waals surface area contributed by atoms with E-state index >= 15 is 0 Å².